The van der Waals surface area contributed by atoms with Gasteiger partial charge in [-0.15, -0.1) is 11.3 Å². The summed E-state index contributed by atoms with van der Waals surface area (Å²) in [5.74, 6) is 0.139. The van der Waals surface area contributed by atoms with Crippen molar-refractivity contribution in [1.82, 2.24) is 10.6 Å². The fraction of sp³-hybridized carbons (Fsp3) is 0.333. The van der Waals surface area contributed by atoms with E-state index < -0.39 is 17.5 Å². The molecule has 1 aromatic heterocycles. The normalized spacial score (nSPS) is 14.7. The molecule has 2 atom stereocenters. The molecule has 2 heterocycles. The molecule has 7 heteroatoms. The first kappa shape index (κ1) is 23.8. The first-order chi connectivity index (χ1) is 16.2. The van der Waals surface area contributed by atoms with Gasteiger partial charge in [0, 0.05) is 16.0 Å². The molecule has 0 saturated carbocycles. The van der Waals surface area contributed by atoms with Gasteiger partial charge in [0.2, 0.25) is 5.91 Å². The highest BCUT2D eigenvalue weighted by atomic mass is 32.1. The number of ether oxygens (including phenoxy) is 2. The number of aryl methyl sites for hydroxylation is 1. The first-order valence-electron chi connectivity index (χ1n) is 11.3. The Balaban J connectivity index is 1.70. The fourth-order valence-electron chi connectivity index (χ4n) is 3.91. The van der Waals surface area contributed by atoms with E-state index in [0.29, 0.717) is 30.3 Å². The predicted octanol–water partition coefficient (Wildman–Crippen LogP) is 5.00. The van der Waals surface area contributed by atoms with Gasteiger partial charge in [-0.25, -0.2) is 0 Å². The number of fused-ring (bicyclic) bond motifs is 1. The second-order valence-corrected chi connectivity index (χ2v) is 10.4. The number of carbonyl (C=O) groups is 2. The summed E-state index contributed by atoms with van der Waals surface area (Å²) in [6.45, 7) is 8.79. The minimum atomic E-state index is -0.611. The van der Waals surface area contributed by atoms with E-state index in [0.717, 1.165) is 16.0 Å². The van der Waals surface area contributed by atoms with Crippen LogP contribution in [0.25, 0.3) is 0 Å². The second kappa shape index (κ2) is 9.89. The Morgan fingerprint density at radius 1 is 0.971 bits per heavy atom. The Kier molecular flexibility index (Phi) is 6.93. The monoisotopic (exact) mass is 478 g/mol. The van der Waals surface area contributed by atoms with Crippen LogP contribution in [0, 0.1) is 6.92 Å². The Bertz CT molecular complexity index is 1150. The van der Waals surface area contributed by atoms with E-state index in [2.05, 4.69) is 10.6 Å². The number of benzene rings is 2. The molecule has 1 aliphatic rings. The van der Waals surface area contributed by atoms with Crippen molar-refractivity contribution < 1.29 is 19.1 Å². The summed E-state index contributed by atoms with van der Waals surface area (Å²) in [5, 5.41) is 8.19. The number of nitrogens with one attached hydrogen (secondary N) is 2. The van der Waals surface area contributed by atoms with Crippen molar-refractivity contribution in [3.63, 3.8) is 0 Å². The van der Waals surface area contributed by atoms with Gasteiger partial charge >= 0.3 is 0 Å². The van der Waals surface area contributed by atoms with Gasteiger partial charge in [-0.05, 0) is 62.9 Å². The second-order valence-electron chi connectivity index (χ2n) is 9.45. The lowest BCUT2D eigenvalue weighted by Crippen LogP contribution is -2.46. The third-order valence-electron chi connectivity index (χ3n) is 5.49. The molecule has 4 rings (SSSR count). The van der Waals surface area contributed by atoms with Gasteiger partial charge in [-0.1, -0.05) is 35.9 Å². The third kappa shape index (κ3) is 5.59. The van der Waals surface area contributed by atoms with E-state index in [1.807, 2.05) is 69.5 Å². The summed E-state index contributed by atoms with van der Waals surface area (Å²) in [6, 6.07) is 16.4. The van der Waals surface area contributed by atoms with E-state index in [-0.39, 0.29) is 11.8 Å². The van der Waals surface area contributed by atoms with Gasteiger partial charge < -0.3 is 20.1 Å². The molecule has 0 bridgehead atoms. The van der Waals surface area contributed by atoms with Crippen LogP contribution >= 0.6 is 11.3 Å². The summed E-state index contributed by atoms with van der Waals surface area (Å²) in [7, 11) is 0. The highest BCUT2D eigenvalue weighted by Crippen LogP contribution is 2.36. The summed E-state index contributed by atoms with van der Waals surface area (Å²) in [5.41, 5.74) is 1.98. The van der Waals surface area contributed by atoms with Crippen molar-refractivity contribution >= 4 is 23.2 Å². The predicted molar refractivity (Wildman–Crippen MR) is 134 cm³/mol. The lowest BCUT2D eigenvalue weighted by Gasteiger charge is -2.31. The largest absolute Gasteiger partial charge is 0.486 e. The maximum Gasteiger partial charge on any atom is 0.251 e. The Morgan fingerprint density at radius 2 is 1.68 bits per heavy atom. The van der Waals surface area contributed by atoms with Crippen LogP contribution in [0.4, 0.5) is 0 Å². The van der Waals surface area contributed by atoms with E-state index >= 15 is 0 Å². The van der Waals surface area contributed by atoms with Crippen molar-refractivity contribution in [3.05, 3.63) is 81.5 Å². The number of rotatable bonds is 6. The lowest BCUT2D eigenvalue weighted by molar-refractivity contribution is -0.124. The van der Waals surface area contributed by atoms with Crippen molar-refractivity contribution in [2.24, 2.45) is 0 Å². The Labute approximate surface area is 204 Å². The SMILES string of the molecule is Cc1ccc(C(C(=O)NC(C)(C)C)C(NC(=O)c2ccc3c(c2)OCCO3)c2cccs2)cc1. The maximum absolute atomic E-state index is 13.6. The maximum atomic E-state index is 13.6. The molecule has 0 aliphatic carbocycles. The molecule has 6 nitrogen and oxygen atoms in total. The topological polar surface area (TPSA) is 76.7 Å². The van der Waals surface area contributed by atoms with Crippen molar-refractivity contribution in [2.45, 2.75) is 45.2 Å². The first-order valence-corrected chi connectivity index (χ1v) is 12.2. The zero-order valence-electron chi connectivity index (χ0n) is 19.9. The fourth-order valence-corrected chi connectivity index (χ4v) is 4.73. The van der Waals surface area contributed by atoms with Crippen molar-refractivity contribution in [1.29, 1.82) is 0 Å². The highest BCUT2D eigenvalue weighted by molar-refractivity contribution is 7.10. The molecule has 2 aromatic carbocycles. The van der Waals surface area contributed by atoms with Gasteiger partial charge in [-0.2, -0.15) is 0 Å². The van der Waals surface area contributed by atoms with Crippen LogP contribution in [0.5, 0.6) is 11.5 Å². The van der Waals surface area contributed by atoms with Gasteiger partial charge in [0.1, 0.15) is 13.2 Å². The molecule has 0 radical (unpaired) electrons. The lowest BCUT2D eigenvalue weighted by atomic mass is 9.88. The van der Waals surface area contributed by atoms with Gasteiger partial charge in [0.05, 0.1) is 12.0 Å². The zero-order chi connectivity index (χ0) is 24.3. The summed E-state index contributed by atoms with van der Waals surface area (Å²) >= 11 is 1.51. The highest BCUT2D eigenvalue weighted by Gasteiger charge is 2.35. The number of thiophene rings is 1. The standard InChI is InChI=1S/C27H30N2O4S/c1-17-7-9-18(10-8-17)23(26(31)29-27(2,3)4)24(22-6-5-15-34-22)28-25(30)19-11-12-20-21(16-19)33-14-13-32-20/h5-12,15-16,23-24H,13-14H2,1-4H3,(H,28,30)(H,29,31). The van der Waals surface area contributed by atoms with Crippen LogP contribution < -0.4 is 20.1 Å². The molecule has 0 fully saturated rings. The number of carbonyl (C=O) groups excluding carboxylic acids is 2. The van der Waals surface area contributed by atoms with Gasteiger partial charge in [0.25, 0.3) is 5.91 Å². The number of hydrogen-bond acceptors (Lipinski definition) is 5. The molecule has 0 spiro atoms. The van der Waals surface area contributed by atoms with Crippen LogP contribution in [0.15, 0.2) is 60.0 Å². The van der Waals surface area contributed by atoms with Crippen molar-refractivity contribution in [3.8, 4) is 11.5 Å². The molecule has 3 aromatic rings. The summed E-state index contributed by atoms with van der Waals surface area (Å²) in [6.07, 6.45) is 0. The van der Waals surface area contributed by atoms with Gasteiger partial charge in [-0.3, -0.25) is 9.59 Å². The molecule has 2 amide bonds. The quantitative estimate of drug-likeness (QED) is 0.523. The summed E-state index contributed by atoms with van der Waals surface area (Å²) in [4.78, 5) is 27.9. The minimum absolute atomic E-state index is 0.141. The average Bonchev–Trinajstić information content (AvgIpc) is 3.33. The van der Waals surface area contributed by atoms with Crippen LogP contribution in [-0.2, 0) is 4.79 Å². The molecular formula is C27H30N2O4S. The van der Waals surface area contributed by atoms with Crippen LogP contribution in [0.2, 0.25) is 0 Å². The zero-order valence-corrected chi connectivity index (χ0v) is 20.7. The molecule has 2 N–H and O–H groups in total. The molecule has 2 unspecified atom stereocenters. The number of hydrogen-bond donors (Lipinski definition) is 2. The molecular weight excluding hydrogens is 448 g/mol. The van der Waals surface area contributed by atoms with E-state index in [9.17, 15) is 9.59 Å². The molecule has 34 heavy (non-hydrogen) atoms. The number of amides is 2. The van der Waals surface area contributed by atoms with Crippen LogP contribution in [-0.4, -0.2) is 30.6 Å². The summed E-state index contributed by atoms with van der Waals surface area (Å²) < 4.78 is 11.2. The van der Waals surface area contributed by atoms with Crippen molar-refractivity contribution in [2.75, 3.05) is 13.2 Å². The average molecular weight is 479 g/mol. The van der Waals surface area contributed by atoms with E-state index in [4.69, 9.17) is 9.47 Å². The van der Waals surface area contributed by atoms with Crippen LogP contribution in [0.1, 0.15) is 59.1 Å². The Hall–Kier alpha value is -3.32. The van der Waals surface area contributed by atoms with E-state index in [1.165, 1.54) is 11.3 Å². The smallest absolute Gasteiger partial charge is 0.251 e. The molecule has 178 valence electrons. The van der Waals surface area contributed by atoms with E-state index in [1.54, 1.807) is 18.2 Å². The third-order valence-corrected chi connectivity index (χ3v) is 6.45. The Morgan fingerprint density at radius 3 is 2.32 bits per heavy atom. The van der Waals surface area contributed by atoms with Gasteiger partial charge in [0.15, 0.2) is 11.5 Å². The van der Waals surface area contributed by atoms with Crippen LogP contribution in [0.3, 0.4) is 0 Å². The molecule has 0 saturated heterocycles. The molecule has 1 aliphatic heterocycles. The minimum Gasteiger partial charge on any atom is -0.486 e.